The van der Waals surface area contributed by atoms with Crippen molar-refractivity contribution in [2.45, 2.75) is 13.3 Å². The van der Waals surface area contributed by atoms with Crippen LogP contribution in [0.4, 0.5) is 17.1 Å². The van der Waals surface area contributed by atoms with E-state index in [-0.39, 0.29) is 22.5 Å². The van der Waals surface area contributed by atoms with Gasteiger partial charge in [-0.15, -0.1) is 0 Å². The number of hydrogen-bond acceptors (Lipinski definition) is 6. The van der Waals surface area contributed by atoms with E-state index in [1.54, 1.807) is 43.3 Å². The molecule has 0 fully saturated rings. The molecule has 0 aliphatic heterocycles. The maximum absolute atomic E-state index is 12.4. The first kappa shape index (κ1) is 21.7. The Morgan fingerprint density at radius 3 is 2.35 bits per heavy atom. The number of hydrogen-bond donors (Lipinski definition) is 3. The van der Waals surface area contributed by atoms with Crippen LogP contribution in [0.15, 0.2) is 65.1 Å². The molecule has 0 radical (unpaired) electrons. The Kier molecular flexibility index (Phi) is 6.73. The van der Waals surface area contributed by atoms with Crippen molar-refractivity contribution >= 4 is 46.2 Å². The van der Waals surface area contributed by atoms with Crippen LogP contribution in [-0.2, 0) is 4.79 Å². The molecule has 9 nitrogen and oxygen atoms in total. The van der Waals surface area contributed by atoms with Crippen LogP contribution in [0.1, 0.15) is 23.9 Å². The minimum Gasteiger partial charge on any atom is -0.451 e. The molecule has 0 aliphatic rings. The molecule has 1 aromatic heterocycles. The van der Waals surface area contributed by atoms with E-state index in [9.17, 15) is 19.7 Å². The van der Waals surface area contributed by atoms with Crippen molar-refractivity contribution in [2.75, 3.05) is 10.6 Å². The molecule has 2 aromatic carbocycles. The summed E-state index contributed by atoms with van der Waals surface area (Å²) in [6.45, 7) is 1.76. The van der Waals surface area contributed by atoms with Crippen LogP contribution in [0.25, 0.3) is 11.3 Å². The van der Waals surface area contributed by atoms with Crippen molar-refractivity contribution in [3.8, 4) is 11.3 Å². The van der Waals surface area contributed by atoms with E-state index < -0.39 is 10.8 Å². The molecule has 0 aliphatic carbocycles. The summed E-state index contributed by atoms with van der Waals surface area (Å²) < 4.78 is 5.52. The first-order valence-electron chi connectivity index (χ1n) is 9.22. The van der Waals surface area contributed by atoms with Gasteiger partial charge in [-0.25, -0.2) is 0 Å². The highest BCUT2D eigenvalue weighted by Crippen LogP contribution is 2.25. The van der Waals surface area contributed by atoms with Gasteiger partial charge >= 0.3 is 0 Å². The van der Waals surface area contributed by atoms with Crippen LogP contribution in [0.3, 0.4) is 0 Å². The summed E-state index contributed by atoms with van der Waals surface area (Å²) in [5.41, 5.74) is 1.67. The lowest BCUT2D eigenvalue weighted by Gasteiger charge is -2.10. The summed E-state index contributed by atoms with van der Waals surface area (Å²) in [7, 11) is 0. The van der Waals surface area contributed by atoms with Crippen molar-refractivity contribution in [3.05, 3.63) is 76.5 Å². The second-order valence-electron chi connectivity index (χ2n) is 6.36. The molecular weight excluding hydrogens is 420 g/mol. The van der Waals surface area contributed by atoms with Gasteiger partial charge in [-0.3, -0.25) is 25.0 Å². The SMILES string of the molecule is CCC(=O)Nc1ccc(NC(=S)NC(=O)c2ccc(-c3cccc([N+](=O)[O-])c3)o2)cc1. The fourth-order valence-corrected chi connectivity index (χ4v) is 2.81. The predicted molar refractivity (Wildman–Crippen MR) is 120 cm³/mol. The number of rotatable bonds is 6. The van der Waals surface area contributed by atoms with Gasteiger partial charge in [-0.05, 0) is 48.6 Å². The Morgan fingerprint density at radius 2 is 1.71 bits per heavy atom. The number of amides is 2. The Bertz CT molecular complexity index is 1140. The summed E-state index contributed by atoms with van der Waals surface area (Å²) in [4.78, 5) is 34.2. The van der Waals surface area contributed by atoms with Gasteiger partial charge in [0.25, 0.3) is 11.6 Å². The second kappa shape index (κ2) is 9.63. The molecule has 1 heterocycles. The van der Waals surface area contributed by atoms with Gasteiger partial charge in [0.05, 0.1) is 4.92 Å². The van der Waals surface area contributed by atoms with Crippen LogP contribution in [0, 0.1) is 10.1 Å². The van der Waals surface area contributed by atoms with Crippen molar-refractivity contribution < 1.29 is 18.9 Å². The quantitative estimate of drug-likeness (QED) is 0.297. The molecular formula is C21H18N4O5S. The third-order valence-electron chi connectivity index (χ3n) is 4.15. The molecule has 0 atom stereocenters. The minimum absolute atomic E-state index is 0.00304. The first-order chi connectivity index (χ1) is 14.9. The molecule has 3 aromatic rings. The van der Waals surface area contributed by atoms with Crippen molar-refractivity contribution in [1.82, 2.24) is 5.32 Å². The van der Waals surface area contributed by atoms with Crippen molar-refractivity contribution in [3.63, 3.8) is 0 Å². The number of furan rings is 1. The number of carbonyl (C=O) groups excluding carboxylic acids is 2. The number of nitro benzene ring substituents is 1. The summed E-state index contributed by atoms with van der Waals surface area (Å²) >= 11 is 5.15. The fourth-order valence-electron chi connectivity index (χ4n) is 2.60. The highest BCUT2D eigenvalue weighted by atomic mass is 32.1. The van der Waals surface area contributed by atoms with Gasteiger partial charge in [0.1, 0.15) is 5.76 Å². The second-order valence-corrected chi connectivity index (χ2v) is 6.77. The van der Waals surface area contributed by atoms with Crippen LogP contribution in [0.5, 0.6) is 0 Å². The van der Waals surface area contributed by atoms with E-state index in [0.717, 1.165) is 0 Å². The molecule has 31 heavy (non-hydrogen) atoms. The molecule has 10 heteroatoms. The van der Waals surface area contributed by atoms with E-state index in [1.807, 2.05) is 0 Å². The molecule has 158 valence electrons. The summed E-state index contributed by atoms with van der Waals surface area (Å²) in [6.07, 6.45) is 0.381. The summed E-state index contributed by atoms with van der Waals surface area (Å²) in [5.74, 6) is -0.340. The molecule has 3 N–H and O–H groups in total. The number of non-ortho nitro benzene ring substituents is 1. The van der Waals surface area contributed by atoms with E-state index in [1.165, 1.54) is 24.3 Å². The van der Waals surface area contributed by atoms with Gasteiger partial charge in [-0.2, -0.15) is 0 Å². The van der Waals surface area contributed by atoms with Crippen LogP contribution < -0.4 is 16.0 Å². The van der Waals surface area contributed by atoms with E-state index in [4.69, 9.17) is 16.6 Å². The average molecular weight is 438 g/mol. The van der Waals surface area contributed by atoms with Crippen molar-refractivity contribution in [1.29, 1.82) is 0 Å². The predicted octanol–water partition coefficient (Wildman–Crippen LogP) is 4.33. The summed E-state index contributed by atoms with van der Waals surface area (Å²) in [6, 6.07) is 15.7. The van der Waals surface area contributed by atoms with Crippen LogP contribution in [-0.4, -0.2) is 21.9 Å². The zero-order chi connectivity index (χ0) is 22.4. The molecule has 2 amide bonds. The average Bonchev–Trinajstić information content (AvgIpc) is 3.25. The van der Waals surface area contributed by atoms with E-state index in [2.05, 4.69) is 16.0 Å². The normalized spacial score (nSPS) is 10.2. The minimum atomic E-state index is -0.569. The Morgan fingerprint density at radius 1 is 1.03 bits per heavy atom. The topological polar surface area (TPSA) is 127 Å². The lowest BCUT2D eigenvalue weighted by molar-refractivity contribution is -0.384. The van der Waals surface area contributed by atoms with Gasteiger partial charge in [0.2, 0.25) is 5.91 Å². The summed E-state index contributed by atoms with van der Waals surface area (Å²) in [5, 5.41) is 19.1. The third kappa shape index (κ3) is 5.73. The van der Waals surface area contributed by atoms with Gasteiger partial charge in [-0.1, -0.05) is 19.1 Å². The van der Waals surface area contributed by atoms with E-state index >= 15 is 0 Å². The van der Waals surface area contributed by atoms with Crippen molar-refractivity contribution in [2.24, 2.45) is 0 Å². The molecule has 0 spiro atoms. The van der Waals surface area contributed by atoms with Gasteiger partial charge in [0, 0.05) is 35.5 Å². The lowest BCUT2D eigenvalue weighted by atomic mass is 10.1. The molecule has 0 unspecified atom stereocenters. The van der Waals surface area contributed by atoms with Gasteiger partial charge < -0.3 is 15.1 Å². The van der Waals surface area contributed by atoms with Crippen LogP contribution in [0.2, 0.25) is 0 Å². The van der Waals surface area contributed by atoms with E-state index in [0.29, 0.717) is 29.1 Å². The standard InChI is InChI=1S/C21H18N4O5S/c1-2-19(26)22-14-6-8-15(9-7-14)23-21(31)24-20(27)18-11-10-17(30-18)13-4-3-5-16(12-13)25(28)29/h3-12H,2H2,1H3,(H,22,26)(H2,23,24,27,31). The highest BCUT2D eigenvalue weighted by molar-refractivity contribution is 7.80. The zero-order valence-electron chi connectivity index (χ0n) is 16.4. The highest BCUT2D eigenvalue weighted by Gasteiger charge is 2.15. The molecule has 3 rings (SSSR count). The number of nitro groups is 1. The monoisotopic (exact) mass is 438 g/mol. The third-order valence-corrected chi connectivity index (χ3v) is 4.35. The van der Waals surface area contributed by atoms with Gasteiger partial charge in [0.15, 0.2) is 10.9 Å². The largest absolute Gasteiger partial charge is 0.451 e. The Hall–Kier alpha value is -4.05. The molecule has 0 bridgehead atoms. The Labute approximate surface area is 182 Å². The smallest absolute Gasteiger partial charge is 0.293 e. The maximum Gasteiger partial charge on any atom is 0.293 e. The first-order valence-corrected chi connectivity index (χ1v) is 9.63. The van der Waals surface area contributed by atoms with Crippen LogP contribution >= 0.6 is 12.2 Å². The number of anilines is 2. The molecule has 0 saturated carbocycles. The number of nitrogens with one attached hydrogen (secondary N) is 3. The zero-order valence-corrected chi connectivity index (χ0v) is 17.2. The number of carbonyl (C=O) groups is 2. The lowest BCUT2D eigenvalue weighted by Crippen LogP contribution is -2.33. The Balaban J connectivity index is 1.60. The maximum atomic E-state index is 12.4. The molecule has 0 saturated heterocycles. The fraction of sp³-hybridized carbons (Fsp3) is 0.0952. The number of nitrogens with zero attached hydrogens (tertiary/aromatic N) is 1. The number of benzene rings is 2. The number of thiocarbonyl (C=S) groups is 1.